The lowest BCUT2D eigenvalue weighted by molar-refractivity contribution is 0.196. The molecule has 0 aliphatic carbocycles. The molecule has 84 valence electrons. The highest BCUT2D eigenvalue weighted by atomic mass is 32.2. The van der Waals surface area contributed by atoms with E-state index in [2.05, 4.69) is 34.6 Å². The van der Waals surface area contributed by atoms with Gasteiger partial charge in [-0.1, -0.05) is 34.6 Å². The molecular formula is C12H24OS. The summed E-state index contributed by atoms with van der Waals surface area (Å²) in [6, 6.07) is 0. The van der Waals surface area contributed by atoms with Crippen molar-refractivity contribution in [3.63, 3.8) is 0 Å². The van der Waals surface area contributed by atoms with Crippen LogP contribution in [0, 0.1) is 23.2 Å². The summed E-state index contributed by atoms with van der Waals surface area (Å²) in [6.07, 6.45) is 1.27. The molecule has 1 heterocycles. The molecule has 0 aromatic carbocycles. The van der Waals surface area contributed by atoms with E-state index in [0.717, 1.165) is 11.5 Å². The highest BCUT2D eigenvalue weighted by Gasteiger charge is 2.34. The molecule has 0 N–H and O–H groups in total. The molecule has 0 amide bonds. The van der Waals surface area contributed by atoms with Crippen LogP contribution in [0.5, 0.6) is 0 Å². The first-order valence-electron chi connectivity index (χ1n) is 5.65. The minimum absolute atomic E-state index is 0.323. The minimum Gasteiger partial charge on any atom is -0.260 e. The maximum Gasteiger partial charge on any atom is 0.0268 e. The first kappa shape index (κ1) is 12.2. The van der Waals surface area contributed by atoms with Crippen LogP contribution in [-0.2, 0) is 10.8 Å². The van der Waals surface area contributed by atoms with Gasteiger partial charge in [-0.05, 0) is 29.6 Å². The predicted molar refractivity (Wildman–Crippen MR) is 63.8 cm³/mol. The van der Waals surface area contributed by atoms with E-state index in [0.29, 0.717) is 23.2 Å². The number of hydrogen-bond acceptors (Lipinski definition) is 1. The Hall–Kier alpha value is 0.150. The van der Waals surface area contributed by atoms with Crippen molar-refractivity contribution in [2.24, 2.45) is 23.2 Å². The first-order valence-corrected chi connectivity index (χ1v) is 7.14. The zero-order valence-electron chi connectivity index (χ0n) is 10.2. The van der Waals surface area contributed by atoms with Gasteiger partial charge in [0.15, 0.2) is 0 Å². The van der Waals surface area contributed by atoms with Crippen LogP contribution in [0.2, 0.25) is 0 Å². The third-order valence-electron chi connectivity index (χ3n) is 3.54. The molecule has 0 saturated carbocycles. The summed E-state index contributed by atoms with van der Waals surface area (Å²) in [5.74, 6) is 3.86. The third-order valence-corrected chi connectivity index (χ3v) is 5.12. The van der Waals surface area contributed by atoms with Crippen LogP contribution in [0.1, 0.15) is 41.0 Å². The molecule has 3 atom stereocenters. The van der Waals surface area contributed by atoms with E-state index < -0.39 is 10.8 Å². The Bertz CT molecular complexity index is 215. The van der Waals surface area contributed by atoms with Gasteiger partial charge in [-0.25, -0.2) is 0 Å². The molecule has 0 radical (unpaired) electrons. The van der Waals surface area contributed by atoms with E-state index in [-0.39, 0.29) is 0 Å². The summed E-state index contributed by atoms with van der Waals surface area (Å²) in [6.45, 7) is 11.3. The fourth-order valence-electron chi connectivity index (χ4n) is 2.10. The SMILES string of the molecule is CC(C)C1CC(C(C)(C)C)CS(=O)C1. The number of hydrogen-bond donors (Lipinski definition) is 0. The topological polar surface area (TPSA) is 17.1 Å². The Morgan fingerprint density at radius 3 is 2.21 bits per heavy atom. The molecule has 1 rings (SSSR count). The fraction of sp³-hybridized carbons (Fsp3) is 1.00. The number of rotatable bonds is 1. The van der Waals surface area contributed by atoms with Crippen molar-refractivity contribution in [1.29, 1.82) is 0 Å². The van der Waals surface area contributed by atoms with Crippen molar-refractivity contribution in [3.05, 3.63) is 0 Å². The molecule has 1 aliphatic heterocycles. The molecule has 0 spiro atoms. The normalized spacial score (nSPS) is 34.9. The first-order chi connectivity index (χ1) is 6.30. The Morgan fingerprint density at radius 1 is 1.21 bits per heavy atom. The van der Waals surface area contributed by atoms with Gasteiger partial charge < -0.3 is 0 Å². The van der Waals surface area contributed by atoms with Crippen LogP contribution >= 0.6 is 0 Å². The highest BCUT2D eigenvalue weighted by Crippen LogP contribution is 2.37. The second-order valence-electron chi connectivity index (χ2n) is 6.08. The monoisotopic (exact) mass is 216 g/mol. The van der Waals surface area contributed by atoms with E-state index in [1.165, 1.54) is 6.42 Å². The molecule has 0 aromatic heterocycles. The fourth-order valence-corrected chi connectivity index (χ4v) is 4.32. The van der Waals surface area contributed by atoms with Gasteiger partial charge in [0.25, 0.3) is 0 Å². The van der Waals surface area contributed by atoms with Crippen LogP contribution in [0.4, 0.5) is 0 Å². The zero-order chi connectivity index (χ0) is 10.9. The standard InChI is InChI=1S/C12H24OS/c1-9(2)10-6-11(12(3,4)5)8-14(13)7-10/h9-11H,6-8H2,1-5H3. The summed E-state index contributed by atoms with van der Waals surface area (Å²) >= 11 is 0. The van der Waals surface area contributed by atoms with Crippen molar-refractivity contribution >= 4 is 10.8 Å². The van der Waals surface area contributed by atoms with Gasteiger partial charge in [0.05, 0.1) is 0 Å². The largest absolute Gasteiger partial charge is 0.260 e. The lowest BCUT2D eigenvalue weighted by Crippen LogP contribution is -2.37. The Balaban J connectivity index is 2.68. The average Bonchev–Trinajstić information content (AvgIpc) is 2.01. The third kappa shape index (κ3) is 3.08. The van der Waals surface area contributed by atoms with Gasteiger partial charge in [-0.3, -0.25) is 4.21 Å². The molecule has 1 aliphatic rings. The molecule has 1 saturated heterocycles. The van der Waals surface area contributed by atoms with Crippen LogP contribution < -0.4 is 0 Å². The molecule has 0 bridgehead atoms. The summed E-state index contributed by atoms with van der Waals surface area (Å²) in [5, 5.41) is 0. The summed E-state index contributed by atoms with van der Waals surface area (Å²) in [4.78, 5) is 0. The second kappa shape index (κ2) is 4.34. The van der Waals surface area contributed by atoms with E-state index in [1.807, 2.05) is 0 Å². The Labute approximate surface area is 91.1 Å². The molecule has 14 heavy (non-hydrogen) atoms. The van der Waals surface area contributed by atoms with Crippen molar-refractivity contribution in [2.45, 2.75) is 41.0 Å². The van der Waals surface area contributed by atoms with E-state index in [9.17, 15) is 4.21 Å². The summed E-state index contributed by atoms with van der Waals surface area (Å²) < 4.78 is 11.7. The van der Waals surface area contributed by atoms with Crippen LogP contribution in [0.25, 0.3) is 0 Å². The van der Waals surface area contributed by atoms with E-state index in [4.69, 9.17) is 0 Å². The zero-order valence-corrected chi connectivity index (χ0v) is 11.0. The van der Waals surface area contributed by atoms with Crippen LogP contribution in [-0.4, -0.2) is 15.7 Å². The Kier molecular flexibility index (Phi) is 3.79. The molecule has 3 unspecified atom stereocenters. The van der Waals surface area contributed by atoms with Crippen molar-refractivity contribution in [1.82, 2.24) is 0 Å². The van der Waals surface area contributed by atoms with Gasteiger partial charge in [-0.15, -0.1) is 0 Å². The smallest absolute Gasteiger partial charge is 0.0268 e. The van der Waals surface area contributed by atoms with Gasteiger partial charge in [0.1, 0.15) is 0 Å². The van der Waals surface area contributed by atoms with Crippen LogP contribution in [0.15, 0.2) is 0 Å². The quantitative estimate of drug-likeness (QED) is 0.658. The molecular weight excluding hydrogens is 192 g/mol. The Morgan fingerprint density at radius 2 is 1.79 bits per heavy atom. The summed E-state index contributed by atoms with van der Waals surface area (Å²) in [5.41, 5.74) is 0.323. The molecule has 2 heteroatoms. The predicted octanol–water partition coefficient (Wildman–Crippen LogP) is 3.07. The average molecular weight is 216 g/mol. The highest BCUT2D eigenvalue weighted by molar-refractivity contribution is 7.85. The van der Waals surface area contributed by atoms with E-state index in [1.54, 1.807) is 0 Å². The molecule has 0 aromatic rings. The molecule has 1 fully saturated rings. The van der Waals surface area contributed by atoms with E-state index >= 15 is 0 Å². The minimum atomic E-state index is -0.567. The summed E-state index contributed by atoms with van der Waals surface area (Å²) in [7, 11) is -0.567. The van der Waals surface area contributed by atoms with Gasteiger partial charge >= 0.3 is 0 Å². The lowest BCUT2D eigenvalue weighted by atomic mass is 9.75. The van der Waals surface area contributed by atoms with Gasteiger partial charge in [-0.2, -0.15) is 0 Å². The maximum atomic E-state index is 11.7. The van der Waals surface area contributed by atoms with Gasteiger partial charge in [0.2, 0.25) is 0 Å². The second-order valence-corrected chi connectivity index (χ2v) is 7.62. The lowest BCUT2D eigenvalue weighted by Gasteiger charge is -2.38. The van der Waals surface area contributed by atoms with Gasteiger partial charge in [0, 0.05) is 22.3 Å². The van der Waals surface area contributed by atoms with Crippen LogP contribution in [0.3, 0.4) is 0 Å². The van der Waals surface area contributed by atoms with Crippen molar-refractivity contribution < 1.29 is 4.21 Å². The maximum absolute atomic E-state index is 11.7. The van der Waals surface area contributed by atoms with Crippen molar-refractivity contribution in [2.75, 3.05) is 11.5 Å². The molecule has 1 nitrogen and oxygen atoms in total. The van der Waals surface area contributed by atoms with Crippen molar-refractivity contribution in [3.8, 4) is 0 Å².